The maximum Gasteiger partial charge on any atom is 0.274 e. The van der Waals surface area contributed by atoms with Crippen LogP contribution in [0, 0.1) is 22.6 Å². The second-order valence-corrected chi connectivity index (χ2v) is 10.2. The van der Waals surface area contributed by atoms with E-state index in [0.717, 1.165) is 31.6 Å². The van der Waals surface area contributed by atoms with Crippen LogP contribution in [0.15, 0.2) is 48.7 Å². The van der Waals surface area contributed by atoms with Crippen molar-refractivity contribution >= 4 is 17.5 Å². The second-order valence-electron chi connectivity index (χ2n) is 10.2. The summed E-state index contributed by atoms with van der Waals surface area (Å²) in [6.45, 7) is 5.22. The first kappa shape index (κ1) is 26.9. The van der Waals surface area contributed by atoms with Gasteiger partial charge in [0.2, 0.25) is 11.8 Å². The molecule has 40 heavy (non-hydrogen) atoms. The van der Waals surface area contributed by atoms with Crippen LogP contribution in [0.1, 0.15) is 42.7 Å². The summed E-state index contributed by atoms with van der Waals surface area (Å²) in [6.07, 6.45) is 2.98. The average molecular weight is 545 g/mol. The molecule has 3 N–H and O–H groups in total. The molecular weight excluding hydrogens is 515 g/mol. The van der Waals surface area contributed by atoms with Crippen molar-refractivity contribution < 1.29 is 23.5 Å². The first-order valence-electron chi connectivity index (χ1n) is 13.0. The van der Waals surface area contributed by atoms with Gasteiger partial charge in [-0.2, -0.15) is 5.26 Å². The fourth-order valence-electron chi connectivity index (χ4n) is 5.26. The van der Waals surface area contributed by atoms with E-state index in [1.807, 2.05) is 6.92 Å². The molecule has 206 valence electrons. The van der Waals surface area contributed by atoms with Crippen LogP contribution < -0.4 is 25.4 Å². The topological polar surface area (TPSA) is 143 Å². The summed E-state index contributed by atoms with van der Waals surface area (Å²) in [5.41, 5.74) is 7.52. The quantitative estimate of drug-likeness (QED) is 0.418. The molecule has 2 fully saturated rings. The number of nitrogens with zero attached hydrogens (tertiary/aromatic N) is 4. The molecule has 1 spiro atoms. The van der Waals surface area contributed by atoms with E-state index < -0.39 is 23.7 Å². The molecule has 10 nitrogen and oxygen atoms in total. The van der Waals surface area contributed by atoms with Gasteiger partial charge in [0, 0.05) is 24.7 Å². The fraction of sp³-hybridized carbons (Fsp3) is 0.345. The first-order valence-corrected chi connectivity index (χ1v) is 13.0. The number of carbonyl (C=O) groups is 2. The van der Waals surface area contributed by atoms with E-state index in [9.17, 15) is 19.2 Å². The normalized spacial score (nSPS) is 16.3. The van der Waals surface area contributed by atoms with Gasteiger partial charge in [-0.15, -0.1) is 0 Å². The first-order chi connectivity index (χ1) is 19.2. The Labute approximate surface area is 230 Å². The lowest BCUT2D eigenvalue weighted by Gasteiger charge is -2.59. The number of carbonyl (C=O) groups excluding carboxylic acids is 2. The summed E-state index contributed by atoms with van der Waals surface area (Å²) in [7, 11) is 0. The van der Waals surface area contributed by atoms with Gasteiger partial charge >= 0.3 is 0 Å². The van der Waals surface area contributed by atoms with Crippen LogP contribution in [0.5, 0.6) is 11.6 Å². The minimum atomic E-state index is -0.902. The number of anilines is 1. The summed E-state index contributed by atoms with van der Waals surface area (Å²) >= 11 is 0. The number of nitrogens with one attached hydrogen (secondary N) is 1. The van der Waals surface area contributed by atoms with Crippen molar-refractivity contribution in [1.29, 1.82) is 5.26 Å². The molecule has 2 aromatic heterocycles. The molecular formula is C29H29FN6O4. The maximum absolute atomic E-state index is 13.5. The number of hydrogen-bond acceptors (Lipinski definition) is 8. The second kappa shape index (κ2) is 10.8. The van der Waals surface area contributed by atoms with Gasteiger partial charge in [0.25, 0.3) is 5.91 Å². The van der Waals surface area contributed by atoms with E-state index in [1.165, 1.54) is 19.1 Å². The number of benzene rings is 1. The van der Waals surface area contributed by atoms with Crippen molar-refractivity contribution in [3.05, 3.63) is 65.7 Å². The number of rotatable bonds is 9. The van der Waals surface area contributed by atoms with Crippen molar-refractivity contribution in [3.8, 4) is 29.0 Å². The van der Waals surface area contributed by atoms with E-state index in [2.05, 4.69) is 26.3 Å². The Bertz CT molecular complexity index is 1490. The monoisotopic (exact) mass is 544 g/mol. The third-order valence-corrected chi connectivity index (χ3v) is 7.26. The van der Waals surface area contributed by atoms with Crippen molar-refractivity contribution in [2.24, 2.45) is 11.1 Å². The predicted octanol–water partition coefficient (Wildman–Crippen LogP) is 3.20. The SMILES string of the molecule is CCOc1ncccc1-c1ccc(OC2CC3(C2)CN(c2ccc(F)cc2C#N)C3)c(C(=O)NC(C)C(N)=O)n1. The zero-order valence-electron chi connectivity index (χ0n) is 22.2. The highest BCUT2D eigenvalue weighted by atomic mass is 19.1. The van der Waals surface area contributed by atoms with Crippen LogP contribution >= 0.6 is 0 Å². The Hall–Kier alpha value is -4.72. The van der Waals surface area contributed by atoms with Crippen LogP contribution in [0.4, 0.5) is 10.1 Å². The Morgan fingerprint density at radius 1 is 1.27 bits per heavy atom. The molecule has 3 aromatic rings. The summed E-state index contributed by atoms with van der Waals surface area (Å²) in [5.74, 6) is -1.02. The molecule has 2 amide bonds. The number of halogens is 1. The van der Waals surface area contributed by atoms with E-state index >= 15 is 0 Å². The highest BCUT2D eigenvalue weighted by Gasteiger charge is 2.54. The summed E-state index contributed by atoms with van der Waals surface area (Å²) in [4.78, 5) is 35.7. The predicted molar refractivity (Wildman–Crippen MR) is 144 cm³/mol. The number of pyridine rings is 2. The third kappa shape index (κ3) is 5.25. The fourth-order valence-corrected chi connectivity index (χ4v) is 5.26. The molecule has 1 aromatic carbocycles. The Morgan fingerprint density at radius 3 is 2.75 bits per heavy atom. The Kier molecular flexibility index (Phi) is 7.26. The standard InChI is InChI=1S/C29H29FN6O4/c1-3-39-28-21(5-4-10-33-28)22-7-9-24(25(35-22)27(38)34-17(2)26(32)37)40-20-12-29(13-20)15-36(16-29)23-8-6-19(30)11-18(23)14-31/h4-11,17,20H,3,12-13,15-16H2,1-2H3,(H2,32,37)(H,34,38). The summed E-state index contributed by atoms with van der Waals surface area (Å²) < 4.78 is 25.4. The highest BCUT2D eigenvalue weighted by molar-refractivity contribution is 5.98. The van der Waals surface area contributed by atoms with Gasteiger partial charge in [0.05, 0.1) is 29.1 Å². The lowest BCUT2D eigenvalue weighted by Crippen LogP contribution is -2.65. The molecule has 5 rings (SSSR count). The van der Waals surface area contributed by atoms with E-state index in [1.54, 1.807) is 36.5 Å². The molecule has 0 bridgehead atoms. The minimum Gasteiger partial charge on any atom is -0.488 e. The van der Waals surface area contributed by atoms with Crippen molar-refractivity contribution in [2.45, 2.75) is 38.8 Å². The van der Waals surface area contributed by atoms with Crippen LogP contribution in [0.25, 0.3) is 11.3 Å². The van der Waals surface area contributed by atoms with Gasteiger partial charge in [-0.25, -0.2) is 14.4 Å². The Balaban J connectivity index is 1.32. The lowest BCUT2D eigenvalue weighted by atomic mass is 9.61. The third-order valence-electron chi connectivity index (χ3n) is 7.26. The van der Waals surface area contributed by atoms with Crippen LogP contribution in [-0.4, -0.2) is 53.6 Å². The molecule has 3 heterocycles. The van der Waals surface area contributed by atoms with E-state index in [-0.39, 0.29) is 17.2 Å². The highest BCUT2D eigenvalue weighted by Crippen LogP contribution is 2.51. The van der Waals surface area contributed by atoms with Crippen LogP contribution in [0.3, 0.4) is 0 Å². The van der Waals surface area contributed by atoms with Gasteiger partial charge in [0.1, 0.15) is 24.0 Å². The number of nitrogens with two attached hydrogens (primary N) is 1. The molecule has 1 unspecified atom stereocenters. The number of amides is 2. The van der Waals surface area contributed by atoms with Gasteiger partial charge in [-0.1, -0.05) is 0 Å². The molecule has 1 aliphatic carbocycles. The molecule has 0 radical (unpaired) electrons. The van der Waals surface area contributed by atoms with Gasteiger partial charge in [0.15, 0.2) is 11.4 Å². The summed E-state index contributed by atoms with van der Waals surface area (Å²) in [5, 5.41) is 11.9. The molecule has 1 atom stereocenters. The Morgan fingerprint density at radius 2 is 2.05 bits per heavy atom. The van der Waals surface area contributed by atoms with Crippen molar-refractivity contribution in [2.75, 3.05) is 24.6 Å². The van der Waals surface area contributed by atoms with Crippen molar-refractivity contribution in [3.63, 3.8) is 0 Å². The number of ether oxygens (including phenoxy) is 2. The van der Waals surface area contributed by atoms with Gasteiger partial charge < -0.3 is 25.4 Å². The number of hydrogen-bond donors (Lipinski definition) is 2. The van der Waals surface area contributed by atoms with Crippen molar-refractivity contribution in [1.82, 2.24) is 15.3 Å². The lowest BCUT2D eigenvalue weighted by molar-refractivity contribution is -0.119. The summed E-state index contributed by atoms with van der Waals surface area (Å²) in [6, 6.07) is 12.4. The minimum absolute atomic E-state index is 0.0260. The van der Waals surface area contributed by atoms with E-state index in [0.29, 0.717) is 35.1 Å². The molecule has 11 heteroatoms. The van der Waals surface area contributed by atoms with Crippen LogP contribution in [-0.2, 0) is 4.79 Å². The van der Waals surface area contributed by atoms with Gasteiger partial charge in [-0.3, -0.25) is 9.59 Å². The molecule has 2 aliphatic rings. The number of aromatic nitrogens is 2. The van der Waals surface area contributed by atoms with Crippen LogP contribution in [0.2, 0.25) is 0 Å². The molecule has 1 saturated heterocycles. The van der Waals surface area contributed by atoms with E-state index in [4.69, 9.17) is 15.2 Å². The zero-order valence-corrected chi connectivity index (χ0v) is 22.2. The zero-order chi connectivity index (χ0) is 28.4. The molecule has 1 aliphatic heterocycles. The largest absolute Gasteiger partial charge is 0.488 e. The molecule has 1 saturated carbocycles. The number of primary amides is 1. The maximum atomic E-state index is 13.5. The van der Waals surface area contributed by atoms with Gasteiger partial charge in [-0.05, 0) is 69.2 Å². The average Bonchev–Trinajstić information content (AvgIpc) is 2.90. The number of nitriles is 1. The smallest absolute Gasteiger partial charge is 0.274 e.